The molecule has 1 fully saturated rings. The van der Waals surface area contributed by atoms with Crippen molar-refractivity contribution in [1.29, 1.82) is 0 Å². The number of hydrogen-bond acceptors (Lipinski definition) is 4. The monoisotopic (exact) mass is 303 g/mol. The lowest BCUT2D eigenvalue weighted by Gasteiger charge is -2.16. The van der Waals surface area contributed by atoms with Crippen LogP contribution in [0.2, 0.25) is 0 Å². The molecule has 1 aliphatic heterocycles. The van der Waals surface area contributed by atoms with Gasteiger partial charge in [0.1, 0.15) is 5.58 Å². The van der Waals surface area contributed by atoms with Crippen LogP contribution in [0.3, 0.4) is 0 Å². The Kier molecular flexibility index (Phi) is 4.01. The first-order valence-electron chi connectivity index (χ1n) is 7.03. The van der Waals surface area contributed by atoms with E-state index in [0.717, 1.165) is 17.4 Å². The number of likely N-dealkylation sites (tertiary alicyclic amines) is 1. The maximum atomic E-state index is 11.9. The largest absolute Gasteiger partial charge is 0.464 e. The Labute approximate surface area is 127 Å². The lowest BCUT2D eigenvalue weighted by Crippen LogP contribution is -2.27. The van der Waals surface area contributed by atoms with Crippen molar-refractivity contribution in [2.45, 2.75) is 25.0 Å². The van der Waals surface area contributed by atoms with Crippen LogP contribution in [-0.4, -0.2) is 34.3 Å². The number of amides is 1. The van der Waals surface area contributed by atoms with E-state index in [1.807, 2.05) is 23.1 Å². The molecule has 1 aromatic carbocycles. The minimum absolute atomic E-state index is 0.0834. The molecule has 1 atom stereocenters. The molecule has 110 valence electrons. The van der Waals surface area contributed by atoms with Gasteiger partial charge in [-0.25, -0.2) is 0 Å². The van der Waals surface area contributed by atoms with Gasteiger partial charge in [0.05, 0.1) is 6.26 Å². The zero-order valence-corrected chi connectivity index (χ0v) is 12.7. The Morgan fingerprint density at radius 1 is 1.43 bits per heavy atom. The van der Waals surface area contributed by atoms with Crippen LogP contribution < -0.4 is 0 Å². The molecule has 1 aliphatic rings. The van der Waals surface area contributed by atoms with Crippen molar-refractivity contribution < 1.29 is 14.0 Å². The summed E-state index contributed by atoms with van der Waals surface area (Å²) in [6, 6.07) is 8.04. The first-order valence-corrected chi connectivity index (χ1v) is 7.91. The Hall–Kier alpha value is -1.75. The molecule has 0 aliphatic carbocycles. The molecular weight excluding hydrogens is 286 g/mol. The van der Waals surface area contributed by atoms with Gasteiger partial charge in [0.2, 0.25) is 5.91 Å². The number of carbonyl (C=O) groups excluding carboxylic acids is 2. The molecule has 1 saturated heterocycles. The first-order chi connectivity index (χ1) is 10.1. The van der Waals surface area contributed by atoms with Gasteiger partial charge in [-0.05, 0) is 30.2 Å². The molecule has 0 saturated carbocycles. The highest BCUT2D eigenvalue weighted by Gasteiger charge is 2.30. The first kappa shape index (κ1) is 14.2. The average molecular weight is 303 g/mol. The van der Waals surface area contributed by atoms with E-state index in [2.05, 4.69) is 6.07 Å². The number of rotatable bonds is 4. The Morgan fingerprint density at radius 3 is 3.10 bits per heavy atom. The molecule has 0 N–H and O–H groups in total. The summed E-state index contributed by atoms with van der Waals surface area (Å²) in [6.07, 6.45) is 2.98. The molecule has 5 heteroatoms. The highest BCUT2D eigenvalue weighted by Crippen LogP contribution is 2.24. The standard InChI is InChI=1S/C16H17NO3S/c1-11(18)21-14-9-16(19)17(10-14)6-4-12-2-3-15-13(8-12)5-7-20-15/h2-3,5,7-8,14H,4,6,9-10H2,1H3. The zero-order chi connectivity index (χ0) is 14.8. The quantitative estimate of drug-likeness (QED) is 0.871. The van der Waals surface area contributed by atoms with E-state index in [0.29, 0.717) is 19.5 Å². The molecule has 1 amide bonds. The Bertz CT molecular complexity index is 679. The Morgan fingerprint density at radius 2 is 2.29 bits per heavy atom. The van der Waals surface area contributed by atoms with Gasteiger partial charge in [-0.1, -0.05) is 17.8 Å². The van der Waals surface area contributed by atoms with Crippen molar-refractivity contribution in [2.24, 2.45) is 0 Å². The van der Waals surface area contributed by atoms with Crippen LogP contribution in [0.25, 0.3) is 11.0 Å². The van der Waals surface area contributed by atoms with Crippen molar-refractivity contribution in [2.75, 3.05) is 13.1 Å². The number of carbonyl (C=O) groups is 2. The SMILES string of the molecule is CC(=O)SC1CC(=O)N(CCc2ccc3occc3c2)C1. The van der Waals surface area contributed by atoms with Crippen LogP contribution in [0, 0.1) is 0 Å². The number of hydrogen-bond donors (Lipinski definition) is 0. The van der Waals surface area contributed by atoms with Gasteiger partial charge < -0.3 is 9.32 Å². The van der Waals surface area contributed by atoms with Gasteiger partial charge in [-0.3, -0.25) is 9.59 Å². The summed E-state index contributed by atoms with van der Waals surface area (Å²) in [5, 5.41) is 1.29. The summed E-state index contributed by atoms with van der Waals surface area (Å²) in [6.45, 7) is 2.94. The van der Waals surface area contributed by atoms with Gasteiger partial charge in [0.15, 0.2) is 5.12 Å². The zero-order valence-electron chi connectivity index (χ0n) is 11.9. The second-order valence-corrected chi connectivity index (χ2v) is 6.80. The summed E-state index contributed by atoms with van der Waals surface area (Å²) in [5.41, 5.74) is 2.08. The number of benzene rings is 1. The molecule has 2 aromatic rings. The fourth-order valence-corrected chi connectivity index (χ4v) is 3.65. The second-order valence-electron chi connectivity index (χ2n) is 5.32. The molecule has 0 bridgehead atoms. The topological polar surface area (TPSA) is 50.5 Å². The summed E-state index contributed by atoms with van der Waals surface area (Å²) in [7, 11) is 0. The minimum atomic E-state index is 0.0834. The second kappa shape index (κ2) is 5.93. The summed E-state index contributed by atoms with van der Waals surface area (Å²) in [4.78, 5) is 24.9. The molecule has 21 heavy (non-hydrogen) atoms. The summed E-state index contributed by atoms with van der Waals surface area (Å²) < 4.78 is 5.32. The predicted molar refractivity (Wildman–Crippen MR) is 83.2 cm³/mol. The third-order valence-electron chi connectivity index (χ3n) is 3.70. The molecule has 4 nitrogen and oxygen atoms in total. The van der Waals surface area contributed by atoms with Crippen LogP contribution in [0.1, 0.15) is 18.9 Å². The van der Waals surface area contributed by atoms with E-state index in [1.54, 1.807) is 13.2 Å². The summed E-state index contributed by atoms with van der Waals surface area (Å²) in [5.74, 6) is 0.151. The molecule has 2 heterocycles. The normalized spacial score (nSPS) is 18.6. The molecule has 3 rings (SSSR count). The van der Waals surface area contributed by atoms with E-state index < -0.39 is 0 Å². The minimum Gasteiger partial charge on any atom is -0.464 e. The van der Waals surface area contributed by atoms with Crippen LogP contribution in [0.5, 0.6) is 0 Å². The predicted octanol–water partition coefficient (Wildman–Crippen LogP) is 2.86. The third kappa shape index (κ3) is 3.29. The fraction of sp³-hybridized carbons (Fsp3) is 0.375. The molecule has 0 spiro atoms. The maximum absolute atomic E-state index is 11.9. The molecule has 0 radical (unpaired) electrons. The molecule has 1 aromatic heterocycles. The van der Waals surface area contributed by atoms with Crippen LogP contribution in [-0.2, 0) is 16.0 Å². The van der Waals surface area contributed by atoms with Gasteiger partial charge >= 0.3 is 0 Å². The van der Waals surface area contributed by atoms with Crippen LogP contribution in [0.4, 0.5) is 0 Å². The number of nitrogens with zero attached hydrogens (tertiary/aromatic N) is 1. The van der Waals surface area contributed by atoms with Crippen molar-refractivity contribution in [1.82, 2.24) is 4.90 Å². The number of fused-ring (bicyclic) bond motifs is 1. The highest BCUT2D eigenvalue weighted by atomic mass is 32.2. The average Bonchev–Trinajstić information content (AvgIpc) is 3.01. The van der Waals surface area contributed by atoms with Gasteiger partial charge in [-0.15, -0.1) is 0 Å². The van der Waals surface area contributed by atoms with E-state index >= 15 is 0 Å². The highest BCUT2D eigenvalue weighted by molar-refractivity contribution is 8.14. The Balaban J connectivity index is 1.59. The van der Waals surface area contributed by atoms with Crippen LogP contribution in [0.15, 0.2) is 34.9 Å². The van der Waals surface area contributed by atoms with Gasteiger partial charge in [0.25, 0.3) is 0 Å². The lowest BCUT2D eigenvalue weighted by atomic mass is 10.1. The van der Waals surface area contributed by atoms with Crippen LogP contribution >= 0.6 is 11.8 Å². The lowest BCUT2D eigenvalue weighted by molar-refractivity contribution is -0.127. The van der Waals surface area contributed by atoms with Crippen molar-refractivity contribution in [3.63, 3.8) is 0 Å². The molecular formula is C16H17NO3S. The number of furan rings is 1. The van der Waals surface area contributed by atoms with Gasteiger partial charge in [-0.2, -0.15) is 0 Å². The van der Waals surface area contributed by atoms with E-state index in [1.165, 1.54) is 17.3 Å². The fourth-order valence-electron chi connectivity index (χ4n) is 2.70. The van der Waals surface area contributed by atoms with E-state index in [-0.39, 0.29) is 16.3 Å². The van der Waals surface area contributed by atoms with E-state index in [9.17, 15) is 9.59 Å². The van der Waals surface area contributed by atoms with Crippen molar-refractivity contribution in [3.8, 4) is 0 Å². The smallest absolute Gasteiger partial charge is 0.223 e. The number of thioether (sulfide) groups is 1. The molecule has 1 unspecified atom stereocenters. The summed E-state index contributed by atoms with van der Waals surface area (Å²) >= 11 is 1.28. The van der Waals surface area contributed by atoms with Gasteiger partial charge in [0, 0.05) is 37.1 Å². The van der Waals surface area contributed by atoms with Crippen molar-refractivity contribution >= 4 is 33.8 Å². The van der Waals surface area contributed by atoms with E-state index in [4.69, 9.17) is 4.42 Å². The third-order valence-corrected chi connectivity index (χ3v) is 4.68. The van der Waals surface area contributed by atoms with Crippen molar-refractivity contribution in [3.05, 3.63) is 36.1 Å². The maximum Gasteiger partial charge on any atom is 0.223 e.